The number of benzene rings is 1. The summed E-state index contributed by atoms with van der Waals surface area (Å²) in [5.41, 5.74) is 0.837. The summed E-state index contributed by atoms with van der Waals surface area (Å²) < 4.78 is 18.4. The van der Waals surface area contributed by atoms with Gasteiger partial charge < -0.3 is 4.74 Å². The lowest BCUT2D eigenvalue weighted by Crippen LogP contribution is -1.98. The van der Waals surface area contributed by atoms with Crippen LogP contribution in [0.5, 0.6) is 0 Å². The number of carbonyl (C=O) groups excluding carboxylic acids is 1. The maximum absolute atomic E-state index is 12.9. The molecule has 0 aromatic heterocycles. The van der Waals surface area contributed by atoms with E-state index in [9.17, 15) is 9.18 Å². The Morgan fingerprint density at radius 3 is 2.86 bits per heavy atom. The van der Waals surface area contributed by atoms with E-state index in [2.05, 4.69) is 15.9 Å². The summed E-state index contributed by atoms with van der Waals surface area (Å²) in [4.78, 5) is 10.9. The van der Waals surface area contributed by atoms with E-state index in [1.807, 2.05) is 0 Å². The van der Waals surface area contributed by atoms with E-state index < -0.39 is 0 Å². The monoisotopic (exact) mass is 258 g/mol. The van der Waals surface area contributed by atoms with E-state index in [-0.39, 0.29) is 17.9 Å². The molecule has 1 aliphatic heterocycles. The molecule has 0 radical (unpaired) electrons. The third-order valence-electron chi connectivity index (χ3n) is 2.20. The Kier molecular flexibility index (Phi) is 2.54. The Morgan fingerprint density at radius 1 is 1.50 bits per heavy atom. The lowest BCUT2D eigenvalue weighted by Gasteiger charge is -2.09. The molecule has 74 valence electrons. The number of rotatable bonds is 1. The number of cyclic esters (lactones) is 1. The Hall–Kier alpha value is -0.900. The van der Waals surface area contributed by atoms with Crippen LogP contribution in [0.25, 0.3) is 0 Å². The van der Waals surface area contributed by atoms with Gasteiger partial charge in [-0.15, -0.1) is 0 Å². The predicted octanol–water partition coefficient (Wildman–Crippen LogP) is 2.97. The van der Waals surface area contributed by atoms with E-state index >= 15 is 0 Å². The summed E-state index contributed by atoms with van der Waals surface area (Å²) >= 11 is 3.09. The molecule has 1 saturated heterocycles. The highest BCUT2D eigenvalue weighted by atomic mass is 79.9. The molecule has 1 aliphatic rings. The zero-order valence-corrected chi connectivity index (χ0v) is 8.88. The molecular weight excluding hydrogens is 251 g/mol. The fourth-order valence-electron chi connectivity index (χ4n) is 1.47. The van der Waals surface area contributed by atoms with Crippen LogP contribution in [0.2, 0.25) is 0 Å². The highest BCUT2D eigenvalue weighted by Crippen LogP contribution is 2.31. The minimum Gasteiger partial charge on any atom is -0.457 e. The number of carbonyl (C=O) groups is 1. The summed E-state index contributed by atoms with van der Waals surface area (Å²) in [7, 11) is 0. The molecule has 0 spiro atoms. The van der Waals surface area contributed by atoms with Crippen LogP contribution in [0, 0.1) is 5.82 Å². The zero-order chi connectivity index (χ0) is 10.1. The van der Waals surface area contributed by atoms with Gasteiger partial charge >= 0.3 is 5.97 Å². The first-order valence-corrected chi connectivity index (χ1v) is 5.10. The Labute approximate surface area is 89.2 Å². The molecule has 0 bridgehead atoms. The topological polar surface area (TPSA) is 26.3 Å². The lowest BCUT2D eigenvalue weighted by molar-refractivity contribution is -0.141. The largest absolute Gasteiger partial charge is 0.457 e. The fourth-order valence-corrected chi connectivity index (χ4v) is 1.87. The van der Waals surface area contributed by atoms with Gasteiger partial charge in [-0.25, -0.2) is 4.39 Å². The number of esters is 1. The summed E-state index contributed by atoms with van der Waals surface area (Å²) in [5.74, 6) is -0.492. The number of halogens is 2. The van der Waals surface area contributed by atoms with Crippen LogP contribution in [0.4, 0.5) is 4.39 Å². The van der Waals surface area contributed by atoms with Gasteiger partial charge in [-0.3, -0.25) is 4.79 Å². The quantitative estimate of drug-likeness (QED) is 0.725. The van der Waals surface area contributed by atoms with Crippen LogP contribution >= 0.6 is 15.9 Å². The van der Waals surface area contributed by atoms with Crippen molar-refractivity contribution in [2.75, 3.05) is 0 Å². The SMILES string of the molecule is O=C1CC[C@@H](c2ccc(F)c(Br)c2)O1. The van der Waals surface area contributed by atoms with Gasteiger partial charge in [0.2, 0.25) is 0 Å². The normalized spacial score (nSPS) is 21.0. The van der Waals surface area contributed by atoms with Gasteiger partial charge in [0.1, 0.15) is 11.9 Å². The first-order valence-electron chi connectivity index (χ1n) is 4.31. The van der Waals surface area contributed by atoms with Crippen LogP contribution in [-0.4, -0.2) is 5.97 Å². The third-order valence-corrected chi connectivity index (χ3v) is 2.81. The van der Waals surface area contributed by atoms with E-state index in [1.165, 1.54) is 6.07 Å². The van der Waals surface area contributed by atoms with Gasteiger partial charge in [0, 0.05) is 6.42 Å². The van der Waals surface area contributed by atoms with E-state index in [4.69, 9.17) is 4.74 Å². The van der Waals surface area contributed by atoms with Crippen molar-refractivity contribution in [3.05, 3.63) is 34.1 Å². The third kappa shape index (κ3) is 1.80. The first kappa shape index (κ1) is 9.65. The maximum Gasteiger partial charge on any atom is 0.306 e. The van der Waals surface area contributed by atoms with E-state index in [1.54, 1.807) is 12.1 Å². The van der Waals surface area contributed by atoms with Gasteiger partial charge in [0.05, 0.1) is 4.47 Å². The fraction of sp³-hybridized carbons (Fsp3) is 0.300. The van der Waals surface area contributed by atoms with Crippen molar-refractivity contribution >= 4 is 21.9 Å². The summed E-state index contributed by atoms with van der Waals surface area (Å²) in [6.07, 6.45) is 0.913. The standard InChI is InChI=1S/C10H8BrFO2/c11-7-5-6(1-2-8(7)12)9-3-4-10(13)14-9/h1-2,5,9H,3-4H2/t9-/m0/s1. The molecule has 1 aromatic rings. The summed E-state index contributed by atoms with van der Waals surface area (Å²) in [6, 6.07) is 4.66. The summed E-state index contributed by atoms with van der Waals surface area (Å²) in [5, 5.41) is 0. The number of hydrogen-bond donors (Lipinski definition) is 0. The van der Waals surface area contributed by atoms with Crippen molar-refractivity contribution in [3.8, 4) is 0 Å². The molecule has 0 amide bonds. The second-order valence-electron chi connectivity index (χ2n) is 3.19. The average Bonchev–Trinajstić information content (AvgIpc) is 2.57. The molecule has 0 aliphatic carbocycles. The van der Waals surface area contributed by atoms with Crippen molar-refractivity contribution in [3.63, 3.8) is 0 Å². The first-order chi connectivity index (χ1) is 6.66. The highest BCUT2D eigenvalue weighted by Gasteiger charge is 2.25. The molecule has 0 unspecified atom stereocenters. The maximum atomic E-state index is 12.9. The van der Waals surface area contributed by atoms with E-state index in [0.29, 0.717) is 17.3 Å². The highest BCUT2D eigenvalue weighted by molar-refractivity contribution is 9.10. The van der Waals surface area contributed by atoms with Gasteiger partial charge in [-0.05, 0) is 40.0 Å². The average molecular weight is 259 g/mol. The van der Waals surface area contributed by atoms with Crippen LogP contribution in [0.1, 0.15) is 24.5 Å². The van der Waals surface area contributed by atoms with Crippen molar-refractivity contribution in [1.82, 2.24) is 0 Å². The zero-order valence-electron chi connectivity index (χ0n) is 7.30. The van der Waals surface area contributed by atoms with Gasteiger partial charge in [-0.1, -0.05) is 6.07 Å². The predicted molar refractivity (Wildman–Crippen MR) is 52.2 cm³/mol. The minimum absolute atomic E-state index is 0.185. The molecule has 1 fully saturated rings. The molecule has 1 heterocycles. The van der Waals surface area contributed by atoms with Gasteiger partial charge in [-0.2, -0.15) is 0 Å². The number of ether oxygens (including phenoxy) is 1. The molecule has 1 aromatic carbocycles. The van der Waals surface area contributed by atoms with Crippen LogP contribution < -0.4 is 0 Å². The van der Waals surface area contributed by atoms with E-state index in [0.717, 1.165) is 5.56 Å². The smallest absolute Gasteiger partial charge is 0.306 e. The molecular formula is C10H8BrFO2. The molecule has 2 nitrogen and oxygen atoms in total. The molecule has 0 N–H and O–H groups in total. The Morgan fingerprint density at radius 2 is 2.29 bits per heavy atom. The van der Waals surface area contributed by atoms with Gasteiger partial charge in [0.25, 0.3) is 0 Å². The van der Waals surface area contributed by atoms with Crippen molar-refractivity contribution in [1.29, 1.82) is 0 Å². The van der Waals surface area contributed by atoms with Gasteiger partial charge in [0.15, 0.2) is 0 Å². The lowest BCUT2D eigenvalue weighted by atomic mass is 10.1. The molecule has 2 rings (SSSR count). The Bertz CT molecular complexity index is 378. The molecule has 4 heteroatoms. The molecule has 0 saturated carbocycles. The second-order valence-corrected chi connectivity index (χ2v) is 4.05. The minimum atomic E-state index is -0.307. The van der Waals surface area contributed by atoms with Crippen molar-refractivity contribution in [2.45, 2.75) is 18.9 Å². The number of hydrogen-bond acceptors (Lipinski definition) is 2. The van der Waals surface area contributed by atoms with Crippen LogP contribution in [0.3, 0.4) is 0 Å². The van der Waals surface area contributed by atoms with Crippen LogP contribution in [0.15, 0.2) is 22.7 Å². The van der Waals surface area contributed by atoms with Crippen molar-refractivity contribution < 1.29 is 13.9 Å². The molecule has 1 atom stereocenters. The van der Waals surface area contributed by atoms with Crippen LogP contribution in [-0.2, 0) is 9.53 Å². The second kappa shape index (κ2) is 3.69. The molecule has 14 heavy (non-hydrogen) atoms. The van der Waals surface area contributed by atoms with Crippen molar-refractivity contribution in [2.24, 2.45) is 0 Å². The summed E-state index contributed by atoms with van der Waals surface area (Å²) in [6.45, 7) is 0. The Balaban J connectivity index is 2.24.